The minimum absolute atomic E-state index is 0.0188. The number of hydrogen-bond donors (Lipinski definition) is 2. The lowest BCUT2D eigenvalue weighted by atomic mass is 9.89. The van der Waals surface area contributed by atoms with Gasteiger partial charge in [0.25, 0.3) is 0 Å². The Bertz CT molecular complexity index is 1310. The van der Waals surface area contributed by atoms with Crippen LogP contribution in [-0.4, -0.2) is 135 Å². The zero-order valence-electron chi connectivity index (χ0n) is 32.9. The molecule has 51 heavy (non-hydrogen) atoms. The first-order valence-electron chi connectivity index (χ1n) is 18.8. The van der Waals surface area contributed by atoms with Crippen LogP contribution in [0.3, 0.4) is 0 Å². The van der Waals surface area contributed by atoms with Gasteiger partial charge in [0, 0.05) is 53.6 Å². The second-order valence-corrected chi connectivity index (χ2v) is 15.3. The van der Waals surface area contributed by atoms with Crippen molar-refractivity contribution in [1.29, 1.82) is 0 Å². The summed E-state index contributed by atoms with van der Waals surface area (Å²) in [5, 5.41) is 3.06. The fourth-order valence-corrected chi connectivity index (χ4v) is 7.95. The van der Waals surface area contributed by atoms with Crippen molar-refractivity contribution < 1.29 is 28.7 Å². The Hall–Kier alpha value is -3.22. The van der Waals surface area contributed by atoms with Gasteiger partial charge in [0.15, 0.2) is 0 Å². The van der Waals surface area contributed by atoms with Crippen LogP contribution in [0, 0.1) is 23.7 Å². The van der Waals surface area contributed by atoms with Crippen LogP contribution in [0.2, 0.25) is 0 Å². The van der Waals surface area contributed by atoms with Crippen LogP contribution in [0.4, 0.5) is 5.69 Å². The second-order valence-electron chi connectivity index (χ2n) is 15.3. The van der Waals surface area contributed by atoms with Crippen LogP contribution < -0.4 is 11.1 Å². The predicted molar refractivity (Wildman–Crippen MR) is 201 cm³/mol. The van der Waals surface area contributed by atoms with Gasteiger partial charge in [0.1, 0.15) is 6.04 Å². The van der Waals surface area contributed by atoms with Crippen LogP contribution in [0.25, 0.3) is 0 Å². The molecule has 2 aliphatic rings. The number of likely N-dealkylation sites (tertiary alicyclic amines) is 2. The van der Waals surface area contributed by atoms with Gasteiger partial charge in [0.05, 0.1) is 42.5 Å². The quantitative estimate of drug-likeness (QED) is 0.221. The predicted octanol–water partition coefficient (Wildman–Crippen LogP) is 3.28. The van der Waals surface area contributed by atoms with E-state index in [1.807, 2.05) is 57.0 Å². The number of nitrogen functional groups attached to an aromatic ring is 1. The van der Waals surface area contributed by atoms with E-state index in [0.29, 0.717) is 31.7 Å². The Balaban J connectivity index is 1.72. The highest BCUT2D eigenvalue weighted by Gasteiger charge is 2.43. The first-order chi connectivity index (χ1) is 24.1. The molecule has 0 bridgehead atoms. The molecule has 0 spiro atoms. The van der Waals surface area contributed by atoms with E-state index in [2.05, 4.69) is 24.1 Å². The standard InChI is InChI=1S/C39H66N6O6/c1-11-26(4)35(44(8)39(49)34(25(2)3)41-37(47)29-18-20-42(6)24-29)32(50-9)23-33(46)45-19-13-16-31(45)36(51-10)27(5)38(48)43(7)21-17-28-14-12-15-30(40)22-28/h12,14-15,22,25-27,29,31-32,34-36H,11,13,16-21,23-24,40H2,1-10H3,(H,41,47)/t26-,27+,29+,31-,32+,34-,35-,36+/m0/s1. The number of ether oxygens (including phenoxy) is 2. The van der Waals surface area contributed by atoms with Gasteiger partial charge in [-0.25, -0.2) is 0 Å². The first kappa shape index (κ1) is 42.2. The van der Waals surface area contributed by atoms with Crippen molar-refractivity contribution in [2.45, 2.75) is 103 Å². The van der Waals surface area contributed by atoms with Gasteiger partial charge in [-0.1, -0.05) is 53.2 Å². The van der Waals surface area contributed by atoms with Gasteiger partial charge in [-0.2, -0.15) is 0 Å². The third-order valence-electron chi connectivity index (χ3n) is 11.3. The molecule has 0 unspecified atom stereocenters. The van der Waals surface area contributed by atoms with Gasteiger partial charge in [-0.15, -0.1) is 0 Å². The molecule has 1 aromatic rings. The minimum Gasteiger partial charge on any atom is -0.399 e. The number of benzene rings is 1. The number of nitrogens with two attached hydrogens (primary N) is 1. The van der Waals surface area contributed by atoms with Gasteiger partial charge in [0.2, 0.25) is 23.6 Å². The topological polar surface area (TPSA) is 138 Å². The summed E-state index contributed by atoms with van der Waals surface area (Å²) in [6.07, 6.45) is 2.78. The van der Waals surface area contributed by atoms with Crippen molar-refractivity contribution in [3.8, 4) is 0 Å². The lowest BCUT2D eigenvalue weighted by Crippen LogP contribution is -2.58. The minimum atomic E-state index is -0.693. The van der Waals surface area contributed by atoms with E-state index in [1.165, 1.54) is 0 Å². The van der Waals surface area contributed by atoms with Crippen LogP contribution in [0.15, 0.2) is 24.3 Å². The number of hydrogen-bond acceptors (Lipinski definition) is 8. The number of amides is 4. The number of rotatable bonds is 18. The number of nitrogens with zero attached hydrogens (tertiary/aromatic N) is 4. The summed E-state index contributed by atoms with van der Waals surface area (Å²) in [6, 6.07) is 6.32. The van der Waals surface area contributed by atoms with E-state index < -0.39 is 30.2 Å². The molecule has 0 aliphatic carbocycles. The molecule has 12 nitrogen and oxygen atoms in total. The summed E-state index contributed by atoms with van der Waals surface area (Å²) in [5.74, 6) is -1.12. The van der Waals surface area contributed by atoms with E-state index in [1.54, 1.807) is 38.1 Å². The summed E-state index contributed by atoms with van der Waals surface area (Å²) >= 11 is 0. The maximum atomic E-state index is 14.1. The number of methoxy groups -OCH3 is 2. The average molecular weight is 715 g/mol. The molecule has 3 rings (SSSR count). The smallest absolute Gasteiger partial charge is 0.245 e. The number of carbonyl (C=O) groups is 4. The molecule has 0 saturated carbocycles. The van der Waals surface area contributed by atoms with Crippen molar-refractivity contribution in [3.05, 3.63) is 29.8 Å². The molecule has 2 aliphatic heterocycles. The molecular weight excluding hydrogens is 648 g/mol. The van der Waals surface area contributed by atoms with Crippen LogP contribution in [0.1, 0.15) is 72.3 Å². The van der Waals surface area contributed by atoms with Crippen molar-refractivity contribution in [3.63, 3.8) is 0 Å². The maximum Gasteiger partial charge on any atom is 0.245 e. The number of anilines is 1. The van der Waals surface area contributed by atoms with E-state index in [-0.39, 0.29) is 53.8 Å². The van der Waals surface area contributed by atoms with Gasteiger partial charge >= 0.3 is 0 Å². The molecule has 1 aromatic carbocycles. The number of nitrogens with one attached hydrogen (secondary N) is 1. The second kappa shape index (κ2) is 19.6. The molecule has 12 heteroatoms. The number of carbonyl (C=O) groups excluding carboxylic acids is 4. The molecule has 2 saturated heterocycles. The lowest BCUT2D eigenvalue weighted by molar-refractivity contribution is -0.149. The Morgan fingerprint density at radius 2 is 1.73 bits per heavy atom. The van der Waals surface area contributed by atoms with E-state index in [4.69, 9.17) is 15.2 Å². The zero-order valence-corrected chi connectivity index (χ0v) is 32.9. The van der Waals surface area contributed by atoms with Crippen molar-refractivity contribution >= 4 is 29.3 Å². The van der Waals surface area contributed by atoms with Gasteiger partial charge < -0.3 is 40.1 Å². The van der Waals surface area contributed by atoms with Crippen molar-refractivity contribution in [2.75, 3.05) is 67.3 Å². The zero-order chi connectivity index (χ0) is 38.0. The summed E-state index contributed by atoms with van der Waals surface area (Å²) in [4.78, 5) is 62.5. The first-order valence-corrected chi connectivity index (χ1v) is 18.8. The molecule has 8 atom stereocenters. The Morgan fingerprint density at radius 3 is 2.29 bits per heavy atom. The lowest BCUT2D eigenvalue weighted by Gasteiger charge is -2.41. The van der Waals surface area contributed by atoms with E-state index in [0.717, 1.165) is 37.8 Å². The highest BCUT2D eigenvalue weighted by molar-refractivity contribution is 5.89. The SMILES string of the molecule is CC[C@H](C)[C@@H]([C@@H](CC(=O)N1CCC[C@H]1[C@H](OC)[C@@H](C)C(=O)N(C)CCc1cccc(N)c1)OC)N(C)C(=O)[C@@H](NC(=O)[C@@H]1CCN(C)C1)C(C)C. The van der Waals surface area contributed by atoms with Crippen LogP contribution in [-0.2, 0) is 35.1 Å². The molecule has 2 heterocycles. The van der Waals surface area contributed by atoms with Gasteiger partial charge in [-0.05, 0) is 68.8 Å². The Morgan fingerprint density at radius 1 is 1.02 bits per heavy atom. The summed E-state index contributed by atoms with van der Waals surface area (Å²) < 4.78 is 12.0. The monoisotopic (exact) mass is 715 g/mol. The highest BCUT2D eigenvalue weighted by atomic mass is 16.5. The molecule has 0 aromatic heterocycles. The Labute approximate surface area is 306 Å². The molecular formula is C39H66N6O6. The fraction of sp³-hybridized carbons (Fsp3) is 0.744. The largest absolute Gasteiger partial charge is 0.399 e. The summed E-state index contributed by atoms with van der Waals surface area (Å²) in [5.41, 5.74) is 7.70. The normalized spacial score (nSPS) is 21.5. The van der Waals surface area contributed by atoms with E-state index >= 15 is 0 Å². The molecule has 3 N–H and O–H groups in total. The molecule has 0 radical (unpaired) electrons. The molecule has 4 amide bonds. The third-order valence-corrected chi connectivity index (χ3v) is 11.3. The highest BCUT2D eigenvalue weighted by Crippen LogP contribution is 2.30. The summed E-state index contributed by atoms with van der Waals surface area (Å²) in [6.45, 7) is 12.5. The number of likely N-dealkylation sites (N-methyl/N-ethyl adjacent to an activating group) is 2. The molecule has 2 fully saturated rings. The van der Waals surface area contributed by atoms with E-state index in [9.17, 15) is 19.2 Å². The van der Waals surface area contributed by atoms with Crippen molar-refractivity contribution in [1.82, 2.24) is 24.9 Å². The van der Waals surface area contributed by atoms with Crippen molar-refractivity contribution in [2.24, 2.45) is 23.7 Å². The third kappa shape index (κ3) is 10.9. The summed E-state index contributed by atoms with van der Waals surface area (Å²) in [7, 11) is 8.75. The Kier molecular flexibility index (Phi) is 16.2. The van der Waals surface area contributed by atoms with Gasteiger partial charge in [-0.3, -0.25) is 19.2 Å². The maximum absolute atomic E-state index is 14.1. The average Bonchev–Trinajstić information content (AvgIpc) is 3.78. The van der Waals surface area contributed by atoms with Crippen LogP contribution in [0.5, 0.6) is 0 Å². The fourth-order valence-electron chi connectivity index (χ4n) is 7.95. The molecule has 288 valence electrons. The van der Waals surface area contributed by atoms with Crippen LogP contribution >= 0.6 is 0 Å².